The van der Waals surface area contributed by atoms with Crippen molar-refractivity contribution in [2.75, 3.05) is 25.0 Å². The molecule has 116 valence electrons. The minimum atomic E-state index is -0.133. The minimum Gasteiger partial charge on any atom is -0.363 e. The summed E-state index contributed by atoms with van der Waals surface area (Å²) in [6, 6.07) is 7.99. The average molecular weight is 289 g/mol. The fourth-order valence-corrected chi connectivity index (χ4v) is 2.81. The molecule has 2 rings (SSSR count). The summed E-state index contributed by atoms with van der Waals surface area (Å²) < 4.78 is 0. The molecule has 21 heavy (non-hydrogen) atoms. The molecule has 1 amide bonds. The number of carbonyl (C=O) groups is 1. The van der Waals surface area contributed by atoms with Crippen LogP contribution in [0.3, 0.4) is 0 Å². The summed E-state index contributed by atoms with van der Waals surface area (Å²) in [5.41, 5.74) is 7.79. The number of rotatable bonds is 4. The molecule has 0 saturated carbocycles. The molecule has 1 fully saturated rings. The van der Waals surface area contributed by atoms with Gasteiger partial charge in [0.05, 0.1) is 0 Å². The molecule has 1 aromatic carbocycles. The molecule has 0 aromatic heterocycles. The molecule has 1 aromatic rings. The smallest absolute Gasteiger partial charge is 0.244 e. The molecule has 4 nitrogen and oxygen atoms in total. The maximum Gasteiger partial charge on any atom is 0.244 e. The number of nitrogens with zero attached hydrogens (tertiary/aromatic N) is 2. The third-order valence-corrected chi connectivity index (χ3v) is 4.44. The van der Waals surface area contributed by atoms with E-state index in [0.717, 1.165) is 37.2 Å². The highest BCUT2D eigenvalue weighted by Crippen LogP contribution is 2.18. The van der Waals surface area contributed by atoms with Gasteiger partial charge in [0.1, 0.15) is 6.04 Å². The Morgan fingerprint density at radius 2 is 1.76 bits per heavy atom. The molecule has 1 saturated heterocycles. The van der Waals surface area contributed by atoms with Gasteiger partial charge in [-0.15, -0.1) is 0 Å². The lowest BCUT2D eigenvalue weighted by molar-refractivity contribution is -0.132. The molecule has 1 unspecified atom stereocenters. The van der Waals surface area contributed by atoms with Crippen molar-refractivity contribution in [2.45, 2.75) is 45.2 Å². The Morgan fingerprint density at radius 3 is 2.29 bits per heavy atom. The highest BCUT2D eigenvalue weighted by Gasteiger charge is 2.24. The second-order valence-electron chi connectivity index (χ2n) is 5.90. The van der Waals surface area contributed by atoms with Crippen molar-refractivity contribution >= 4 is 11.6 Å². The standard InChI is InChI=1S/C17H27N3O/c1-14(17(21)20-11-5-3-4-6-12-20)19(2)16-9-7-15(13-18)8-10-16/h7-10,14H,3-6,11-13,18H2,1-2H3. The van der Waals surface area contributed by atoms with Crippen molar-refractivity contribution < 1.29 is 4.79 Å². The number of likely N-dealkylation sites (tertiary alicyclic amines) is 1. The van der Waals surface area contributed by atoms with E-state index < -0.39 is 0 Å². The lowest BCUT2D eigenvalue weighted by atomic mass is 10.1. The number of hydrogen-bond donors (Lipinski definition) is 1. The fraction of sp³-hybridized carbons (Fsp3) is 0.588. The van der Waals surface area contributed by atoms with E-state index in [2.05, 4.69) is 0 Å². The number of likely N-dealkylation sites (N-methyl/N-ethyl adjacent to an activating group) is 1. The van der Waals surface area contributed by atoms with Gasteiger partial charge in [-0.05, 0) is 37.5 Å². The van der Waals surface area contributed by atoms with E-state index in [1.807, 2.05) is 48.0 Å². The first-order valence-electron chi connectivity index (χ1n) is 7.94. The van der Waals surface area contributed by atoms with Crippen LogP contribution in [-0.2, 0) is 11.3 Å². The molecule has 0 spiro atoms. The van der Waals surface area contributed by atoms with Crippen LogP contribution in [0.2, 0.25) is 0 Å². The predicted molar refractivity (Wildman–Crippen MR) is 87.2 cm³/mol. The number of benzene rings is 1. The SMILES string of the molecule is CC(C(=O)N1CCCCCC1)N(C)c1ccc(CN)cc1. The second kappa shape index (κ2) is 7.46. The van der Waals surface area contributed by atoms with Crippen molar-refractivity contribution in [3.63, 3.8) is 0 Å². The fourth-order valence-electron chi connectivity index (χ4n) is 2.81. The van der Waals surface area contributed by atoms with E-state index in [9.17, 15) is 4.79 Å². The number of nitrogens with two attached hydrogens (primary N) is 1. The van der Waals surface area contributed by atoms with Crippen LogP contribution in [0.25, 0.3) is 0 Å². The number of amides is 1. The summed E-state index contributed by atoms with van der Waals surface area (Å²) in [6.07, 6.45) is 4.75. The second-order valence-corrected chi connectivity index (χ2v) is 5.90. The van der Waals surface area contributed by atoms with Crippen LogP contribution in [0.5, 0.6) is 0 Å². The summed E-state index contributed by atoms with van der Waals surface area (Å²) in [6.45, 7) is 4.35. The molecule has 1 heterocycles. The average Bonchev–Trinajstić information content (AvgIpc) is 2.82. The van der Waals surface area contributed by atoms with Crippen LogP contribution in [0.15, 0.2) is 24.3 Å². The highest BCUT2D eigenvalue weighted by molar-refractivity contribution is 5.84. The van der Waals surface area contributed by atoms with Gasteiger partial charge in [0, 0.05) is 32.4 Å². The third kappa shape index (κ3) is 3.97. The van der Waals surface area contributed by atoms with Gasteiger partial charge in [0.2, 0.25) is 5.91 Å². The Labute approximate surface area is 127 Å². The Kier molecular flexibility index (Phi) is 5.62. The number of anilines is 1. The minimum absolute atomic E-state index is 0.133. The molecular formula is C17H27N3O. The first kappa shape index (κ1) is 15.8. The van der Waals surface area contributed by atoms with Gasteiger partial charge < -0.3 is 15.5 Å². The first-order valence-corrected chi connectivity index (χ1v) is 7.94. The quantitative estimate of drug-likeness (QED) is 0.926. The van der Waals surface area contributed by atoms with Crippen molar-refractivity contribution in [3.05, 3.63) is 29.8 Å². The molecule has 1 aliphatic heterocycles. The summed E-state index contributed by atoms with van der Waals surface area (Å²) in [4.78, 5) is 16.7. The van der Waals surface area contributed by atoms with Crippen molar-refractivity contribution in [1.29, 1.82) is 0 Å². The van der Waals surface area contributed by atoms with Crippen molar-refractivity contribution in [3.8, 4) is 0 Å². The number of carbonyl (C=O) groups excluding carboxylic acids is 1. The van der Waals surface area contributed by atoms with E-state index in [-0.39, 0.29) is 11.9 Å². The molecule has 2 N–H and O–H groups in total. The Morgan fingerprint density at radius 1 is 1.19 bits per heavy atom. The largest absolute Gasteiger partial charge is 0.363 e. The third-order valence-electron chi connectivity index (χ3n) is 4.44. The molecule has 0 radical (unpaired) electrons. The van der Waals surface area contributed by atoms with Gasteiger partial charge in [0.25, 0.3) is 0 Å². The van der Waals surface area contributed by atoms with Crippen LogP contribution < -0.4 is 10.6 Å². The maximum absolute atomic E-state index is 12.7. The lowest BCUT2D eigenvalue weighted by Gasteiger charge is -2.31. The van der Waals surface area contributed by atoms with Crippen LogP contribution in [0, 0.1) is 0 Å². The molecular weight excluding hydrogens is 262 g/mol. The zero-order chi connectivity index (χ0) is 15.2. The first-order chi connectivity index (χ1) is 10.1. The Hall–Kier alpha value is -1.55. The van der Waals surface area contributed by atoms with Crippen LogP contribution in [-0.4, -0.2) is 37.0 Å². The van der Waals surface area contributed by atoms with Crippen molar-refractivity contribution in [1.82, 2.24) is 4.90 Å². The normalized spacial score (nSPS) is 17.2. The molecule has 1 aliphatic rings. The van der Waals surface area contributed by atoms with Gasteiger partial charge in [0.15, 0.2) is 0 Å². The van der Waals surface area contributed by atoms with Gasteiger partial charge in [-0.1, -0.05) is 25.0 Å². The van der Waals surface area contributed by atoms with E-state index in [4.69, 9.17) is 5.73 Å². The van der Waals surface area contributed by atoms with Crippen LogP contribution >= 0.6 is 0 Å². The Balaban J connectivity index is 2.02. The topological polar surface area (TPSA) is 49.6 Å². The van der Waals surface area contributed by atoms with Gasteiger partial charge in [-0.2, -0.15) is 0 Å². The summed E-state index contributed by atoms with van der Waals surface area (Å²) in [5.74, 6) is 0.238. The predicted octanol–water partition coefficient (Wildman–Crippen LogP) is 2.37. The van der Waals surface area contributed by atoms with E-state index in [0.29, 0.717) is 6.54 Å². The summed E-state index contributed by atoms with van der Waals surface area (Å²) in [5, 5.41) is 0. The summed E-state index contributed by atoms with van der Waals surface area (Å²) >= 11 is 0. The highest BCUT2D eigenvalue weighted by atomic mass is 16.2. The molecule has 4 heteroatoms. The lowest BCUT2D eigenvalue weighted by Crippen LogP contribution is -2.46. The molecule has 0 bridgehead atoms. The Bertz CT molecular complexity index is 450. The molecule has 1 atom stereocenters. The molecule has 0 aliphatic carbocycles. The maximum atomic E-state index is 12.7. The number of hydrogen-bond acceptors (Lipinski definition) is 3. The van der Waals surface area contributed by atoms with Gasteiger partial charge in [-0.25, -0.2) is 0 Å². The zero-order valence-corrected chi connectivity index (χ0v) is 13.2. The van der Waals surface area contributed by atoms with Gasteiger partial charge in [-0.3, -0.25) is 4.79 Å². The zero-order valence-electron chi connectivity index (χ0n) is 13.2. The van der Waals surface area contributed by atoms with E-state index in [1.54, 1.807) is 0 Å². The van der Waals surface area contributed by atoms with Crippen LogP contribution in [0.4, 0.5) is 5.69 Å². The van der Waals surface area contributed by atoms with E-state index in [1.165, 1.54) is 12.8 Å². The van der Waals surface area contributed by atoms with Crippen molar-refractivity contribution in [2.24, 2.45) is 5.73 Å². The monoisotopic (exact) mass is 289 g/mol. The van der Waals surface area contributed by atoms with E-state index >= 15 is 0 Å². The summed E-state index contributed by atoms with van der Waals surface area (Å²) in [7, 11) is 1.98. The van der Waals surface area contributed by atoms with Gasteiger partial charge >= 0.3 is 0 Å². The van der Waals surface area contributed by atoms with Crippen LogP contribution in [0.1, 0.15) is 38.2 Å².